The van der Waals surface area contributed by atoms with Crippen molar-refractivity contribution in [2.45, 2.75) is 51.6 Å². The van der Waals surface area contributed by atoms with Crippen molar-refractivity contribution < 1.29 is 0 Å². The van der Waals surface area contributed by atoms with Gasteiger partial charge in [0.15, 0.2) is 0 Å². The zero-order valence-corrected chi connectivity index (χ0v) is 9.99. The Balaban J connectivity index is 4.34. The molecule has 3 heteroatoms. The van der Waals surface area contributed by atoms with Gasteiger partial charge in [0.25, 0.3) is 0 Å². The van der Waals surface area contributed by atoms with Crippen molar-refractivity contribution >= 4 is 23.5 Å². The third-order valence-corrected chi connectivity index (χ3v) is 3.37. The van der Waals surface area contributed by atoms with Gasteiger partial charge in [-0.15, -0.1) is 0 Å². The second-order valence-electron chi connectivity index (χ2n) is 5.83. The van der Waals surface area contributed by atoms with Crippen molar-refractivity contribution in [3.63, 3.8) is 0 Å². The van der Waals surface area contributed by atoms with Gasteiger partial charge in [-0.1, -0.05) is 45.1 Å². The minimum atomic E-state index is 0.443. The van der Waals surface area contributed by atoms with Gasteiger partial charge in [0.05, 0.1) is 15.7 Å². The Hall–Kier alpha value is 0.195. The van der Waals surface area contributed by atoms with Crippen molar-refractivity contribution in [2.24, 2.45) is 5.41 Å². The minimum Gasteiger partial charge on any atom is -0.0908 e. The van der Waals surface area contributed by atoms with Gasteiger partial charge < -0.3 is 0 Å². The molecule has 0 radical (unpaired) electrons. The van der Waals surface area contributed by atoms with Crippen molar-refractivity contribution in [3.8, 4) is 0 Å². The molecule has 0 aliphatic rings. The molecule has 0 aromatic rings. The van der Waals surface area contributed by atoms with E-state index in [1.165, 1.54) is 12.8 Å². The fourth-order valence-electron chi connectivity index (χ4n) is 2.03. The lowest BCUT2D eigenvalue weighted by Crippen LogP contribution is -2.29. The Morgan fingerprint density at radius 2 is 1.58 bits per heavy atom. The maximum Gasteiger partial charge on any atom is 0.104 e. The molecule has 0 nitrogen and oxygen atoms in total. The SMILES string of the molecule is BC(C(B)(B)C)C(C)(C)CCC. The highest BCUT2D eigenvalue weighted by Gasteiger charge is 2.32. The quantitative estimate of drug-likeness (QED) is 0.534. The topological polar surface area (TPSA) is 0 Å². The smallest absolute Gasteiger partial charge is 0.0908 e. The molecule has 0 N–H and O–H groups in total. The van der Waals surface area contributed by atoms with Gasteiger partial charge in [-0.2, -0.15) is 0 Å². The number of rotatable bonds is 4. The van der Waals surface area contributed by atoms with E-state index in [4.69, 9.17) is 0 Å². The Morgan fingerprint density at radius 3 is 1.83 bits per heavy atom. The van der Waals surface area contributed by atoms with E-state index >= 15 is 0 Å². The summed E-state index contributed by atoms with van der Waals surface area (Å²) in [5.41, 5.74) is 0.493. The van der Waals surface area contributed by atoms with E-state index in [0.717, 1.165) is 5.82 Å². The van der Waals surface area contributed by atoms with E-state index in [9.17, 15) is 0 Å². The second kappa shape index (κ2) is 3.94. The number of hydrogen-bond acceptors (Lipinski definition) is 0. The van der Waals surface area contributed by atoms with Gasteiger partial charge in [0.1, 0.15) is 7.85 Å². The van der Waals surface area contributed by atoms with Crippen LogP contribution < -0.4 is 0 Å². The molecule has 0 saturated heterocycles. The molecule has 1 atom stereocenters. The molecule has 68 valence electrons. The lowest BCUT2D eigenvalue weighted by molar-refractivity contribution is 0.292. The van der Waals surface area contributed by atoms with Crippen LogP contribution in [0.5, 0.6) is 0 Å². The normalized spacial score (nSPS) is 16.0. The predicted molar refractivity (Wildman–Crippen MR) is 66.4 cm³/mol. The first-order valence-electron chi connectivity index (χ1n) is 5.22. The van der Waals surface area contributed by atoms with Crippen molar-refractivity contribution in [1.82, 2.24) is 0 Å². The van der Waals surface area contributed by atoms with Crippen LogP contribution in [-0.2, 0) is 0 Å². The van der Waals surface area contributed by atoms with E-state index in [-0.39, 0.29) is 0 Å². The highest BCUT2D eigenvalue weighted by Crippen LogP contribution is 2.46. The maximum absolute atomic E-state index is 2.40. The molecule has 0 spiro atoms. The summed E-state index contributed by atoms with van der Waals surface area (Å²) in [6.45, 7) is 9.41. The molecule has 1 unspecified atom stereocenters. The third-order valence-electron chi connectivity index (χ3n) is 3.37. The van der Waals surface area contributed by atoms with Crippen LogP contribution in [0.1, 0.15) is 40.5 Å². The first kappa shape index (κ1) is 12.2. The van der Waals surface area contributed by atoms with Gasteiger partial charge in [-0.3, -0.25) is 0 Å². The summed E-state index contributed by atoms with van der Waals surface area (Å²) >= 11 is 0. The minimum absolute atomic E-state index is 0.443. The Bertz CT molecular complexity index is 135. The molecular formula is C9H23B3. The molecule has 0 rings (SSSR count). The van der Waals surface area contributed by atoms with Crippen LogP contribution in [0.4, 0.5) is 0 Å². The van der Waals surface area contributed by atoms with Gasteiger partial charge in [0, 0.05) is 0 Å². The van der Waals surface area contributed by atoms with E-state index in [2.05, 4.69) is 51.2 Å². The molecule has 12 heavy (non-hydrogen) atoms. The Morgan fingerprint density at radius 1 is 1.17 bits per heavy atom. The molecule has 0 aromatic carbocycles. The molecular weight excluding hydrogens is 141 g/mol. The lowest BCUT2D eigenvalue weighted by atomic mass is 9.39. The third kappa shape index (κ3) is 3.29. The zero-order valence-electron chi connectivity index (χ0n) is 9.99. The fraction of sp³-hybridized carbons (Fsp3) is 1.00. The molecule has 0 saturated carbocycles. The summed E-state index contributed by atoms with van der Waals surface area (Å²) in [5.74, 6) is 0.782. The van der Waals surface area contributed by atoms with Crippen LogP contribution in [0.2, 0.25) is 11.0 Å². The van der Waals surface area contributed by atoms with Crippen LogP contribution in [0, 0.1) is 5.41 Å². The summed E-state index contributed by atoms with van der Waals surface area (Å²) in [4.78, 5) is 0. The zero-order chi connectivity index (χ0) is 9.99. The molecule has 0 aliphatic carbocycles. The van der Waals surface area contributed by atoms with Crippen molar-refractivity contribution in [1.29, 1.82) is 0 Å². The Kier molecular flexibility index (Phi) is 4.00. The molecule has 0 amide bonds. The van der Waals surface area contributed by atoms with Gasteiger partial charge >= 0.3 is 0 Å². The van der Waals surface area contributed by atoms with Crippen molar-refractivity contribution in [3.05, 3.63) is 0 Å². The van der Waals surface area contributed by atoms with Crippen LogP contribution in [0.3, 0.4) is 0 Å². The Labute approximate surface area is 81.1 Å². The van der Waals surface area contributed by atoms with E-state index in [1.54, 1.807) is 0 Å². The highest BCUT2D eigenvalue weighted by molar-refractivity contribution is 6.43. The van der Waals surface area contributed by atoms with E-state index < -0.39 is 0 Å². The van der Waals surface area contributed by atoms with E-state index in [0.29, 0.717) is 10.6 Å². The average Bonchev–Trinajstić information content (AvgIpc) is 1.84. The summed E-state index contributed by atoms with van der Waals surface area (Å²) in [6, 6.07) is 0. The van der Waals surface area contributed by atoms with Crippen molar-refractivity contribution in [2.75, 3.05) is 0 Å². The van der Waals surface area contributed by atoms with Gasteiger partial charge in [0.2, 0.25) is 0 Å². The maximum atomic E-state index is 2.40. The monoisotopic (exact) mass is 164 g/mol. The second-order valence-corrected chi connectivity index (χ2v) is 5.83. The summed E-state index contributed by atoms with van der Waals surface area (Å²) < 4.78 is 0. The van der Waals surface area contributed by atoms with Crippen LogP contribution in [0.25, 0.3) is 0 Å². The molecule has 0 fully saturated rings. The van der Waals surface area contributed by atoms with Gasteiger partial charge in [-0.25, -0.2) is 0 Å². The van der Waals surface area contributed by atoms with Gasteiger partial charge in [-0.05, 0) is 11.8 Å². The molecule has 0 aliphatic heterocycles. The first-order valence-corrected chi connectivity index (χ1v) is 5.22. The average molecular weight is 164 g/mol. The lowest BCUT2D eigenvalue weighted by Gasteiger charge is -2.41. The summed E-state index contributed by atoms with van der Waals surface area (Å²) in [6.07, 6.45) is 2.64. The molecule has 0 bridgehead atoms. The fourth-order valence-corrected chi connectivity index (χ4v) is 2.03. The molecule has 0 aromatic heterocycles. The standard InChI is InChI=1S/C9H23B3/c1-5-6-8(2,3)7(10)9(4,11)12/h7H,5-6,10-12H2,1-4H3. The van der Waals surface area contributed by atoms with Crippen LogP contribution >= 0.6 is 0 Å². The van der Waals surface area contributed by atoms with Crippen LogP contribution in [-0.4, -0.2) is 23.5 Å². The summed E-state index contributed by atoms with van der Waals surface area (Å²) in [5, 5.41) is 0.443. The summed E-state index contributed by atoms with van der Waals surface area (Å²) in [7, 11) is 7.07. The molecule has 0 heterocycles. The highest BCUT2D eigenvalue weighted by atomic mass is 14.3. The van der Waals surface area contributed by atoms with E-state index in [1.807, 2.05) is 0 Å². The first-order chi connectivity index (χ1) is 5.22. The van der Waals surface area contributed by atoms with Crippen LogP contribution in [0.15, 0.2) is 0 Å². The predicted octanol–water partition coefficient (Wildman–Crippen LogP) is 0.637. The largest absolute Gasteiger partial charge is 0.104 e. The number of hydrogen-bond donors (Lipinski definition) is 0.